The number of benzene rings is 3. The van der Waals surface area contributed by atoms with E-state index in [0.717, 1.165) is 34.6 Å². The fourth-order valence-electron chi connectivity index (χ4n) is 4.07. The van der Waals surface area contributed by atoms with Crippen LogP contribution in [-0.4, -0.2) is 23.8 Å². The molecule has 0 N–H and O–H groups in total. The van der Waals surface area contributed by atoms with E-state index in [4.69, 9.17) is 14.9 Å². The molecule has 6 nitrogen and oxygen atoms in total. The second kappa shape index (κ2) is 8.16. The fraction of sp³-hybridized carbons (Fsp3) is 0.160. The Morgan fingerprint density at radius 1 is 0.875 bits per heavy atom. The number of nitrogens with zero attached hydrogens (tertiary/aromatic N) is 4. The van der Waals surface area contributed by atoms with Crippen molar-refractivity contribution in [3.05, 3.63) is 96.1 Å². The molecule has 32 heavy (non-hydrogen) atoms. The molecule has 7 heteroatoms. The molecule has 0 radical (unpaired) electrons. The van der Waals surface area contributed by atoms with Crippen molar-refractivity contribution in [2.75, 3.05) is 17.1 Å². The lowest BCUT2D eigenvalue weighted by atomic mass is 9.96. The Hall–Kier alpha value is -3.58. The lowest BCUT2D eigenvalue weighted by Gasteiger charge is -2.47. The summed E-state index contributed by atoms with van der Waals surface area (Å²) in [7, 11) is 1.38. The van der Waals surface area contributed by atoms with Crippen molar-refractivity contribution in [2.24, 2.45) is 10.2 Å². The highest BCUT2D eigenvalue weighted by Crippen LogP contribution is 2.54. The second-order valence-corrected chi connectivity index (χ2v) is 8.51. The van der Waals surface area contributed by atoms with E-state index in [2.05, 4.69) is 19.1 Å². The third-order valence-electron chi connectivity index (χ3n) is 5.51. The normalized spacial score (nSPS) is 19.4. The third kappa shape index (κ3) is 3.08. The van der Waals surface area contributed by atoms with Crippen LogP contribution in [0.25, 0.3) is 0 Å². The summed E-state index contributed by atoms with van der Waals surface area (Å²) in [5.41, 5.74) is 4.81. The van der Waals surface area contributed by atoms with E-state index in [0.29, 0.717) is 0 Å². The fourth-order valence-corrected chi connectivity index (χ4v) is 5.38. The van der Waals surface area contributed by atoms with Crippen molar-refractivity contribution in [2.45, 2.75) is 18.3 Å². The standard InChI is InChI=1S/C25H22N4O2S/c1-3-22-20-16-10-11-17-21(20)25(28(26-22)18-12-6-4-7-13-18)29(19-14-8-5-9-15-19)27-23(32-25)24(30)31-2/h4-17H,3H2,1-2H3/t25-/m1/s1. The number of hydrogen-bond donors (Lipinski definition) is 0. The monoisotopic (exact) mass is 442 g/mol. The van der Waals surface area contributed by atoms with Crippen molar-refractivity contribution >= 4 is 39.9 Å². The summed E-state index contributed by atoms with van der Waals surface area (Å²) >= 11 is 1.35. The van der Waals surface area contributed by atoms with E-state index in [9.17, 15) is 4.79 Å². The number of fused-ring (bicyclic) bond motifs is 2. The Morgan fingerprint density at radius 2 is 1.44 bits per heavy atom. The Bertz CT molecular complexity index is 1210. The van der Waals surface area contributed by atoms with Gasteiger partial charge in [0.2, 0.25) is 10.0 Å². The molecule has 0 unspecified atom stereocenters. The first-order valence-corrected chi connectivity index (χ1v) is 11.2. The number of carbonyl (C=O) groups is 1. The molecular weight excluding hydrogens is 420 g/mol. The van der Waals surface area contributed by atoms with Gasteiger partial charge in [0, 0.05) is 11.1 Å². The number of rotatable bonds is 4. The van der Waals surface area contributed by atoms with Crippen LogP contribution in [0.3, 0.4) is 0 Å². The van der Waals surface area contributed by atoms with E-state index >= 15 is 0 Å². The van der Waals surface area contributed by atoms with Crippen LogP contribution in [0.4, 0.5) is 11.4 Å². The highest BCUT2D eigenvalue weighted by Gasteiger charge is 2.56. The molecule has 0 saturated heterocycles. The van der Waals surface area contributed by atoms with Gasteiger partial charge in [-0.05, 0) is 42.4 Å². The molecular formula is C25H22N4O2S. The maximum atomic E-state index is 12.6. The van der Waals surface area contributed by atoms with Gasteiger partial charge in [0.15, 0.2) is 0 Å². The predicted molar refractivity (Wildman–Crippen MR) is 130 cm³/mol. The summed E-state index contributed by atoms with van der Waals surface area (Å²) in [5.74, 6) is -0.469. The third-order valence-corrected chi connectivity index (χ3v) is 6.80. The lowest BCUT2D eigenvalue weighted by Crippen LogP contribution is -2.53. The van der Waals surface area contributed by atoms with Crippen LogP contribution in [0.15, 0.2) is 95.1 Å². The van der Waals surface area contributed by atoms with Gasteiger partial charge in [0.25, 0.3) is 0 Å². The number of methoxy groups -OCH3 is 1. The van der Waals surface area contributed by atoms with Crippen molar-refractivity contribution in [1.82, 2.24) is 0 Å². The number of anilines is 2. The molecule has 1 atom stereocenters. The first-order valence-electron chi connectivity index (χ1n) is 10.4. The molecule has 0 fully saturated rings. The zero-order valence-electron chi connectivity index (χ0n) is 17.8. The van der Waals surface area contributed by atoms with Gasteiger partial charge in [-0.3, -0.25) is 0 Å². The van der Waals surface area contributed by atoms with Crippen molar-refractivity contribution in [3.63, 3.8) is 0 Å². The number of esters is 1. The highest BCUT2D eigenvalue weighted by molar-refractivity contribution is 8.16. The molecule has 0 amide bonds. The van der Waals surface area contributed by atoms with Gasteiger partial charge in [-0.25, -0.2) is 14.8 Å². The van der Waals surface area contributed by atoms with E-state index in [1.165, 1.54) is 18.9 Å². The van der Waals surface area contributed by atoms with Crippen LogP contribution in [0.2, 0.25) is 0 Å². The van der Waals surface area contributed by atoms with Crippen LogP contribution in [0, 0.1) is 0 Å². The minimum Gasteiger partial charge on any atom is -0.464 e. The van der Waals surface area contributed by atoms with E-state index < -0.39 is 11.0 Å². The van der Waals surface area contributed by atoms with E-state index in [1.807, 2.05) is 82.8 Å². The summed E-state index contributed by atoms with van der Waals surface area (Å²) in [5, 5.41) is 14.0. The van der Waals surface area contributed by atoms with Gasteiger partial charge < -0.3 is 4.74 Å². The maximum absolute atomic E-state index is 12.6. The Kier molecular flexibility index (Phi) is 5.19. The number of thioether (sulfide) groups is 1. The Morgan fingerprint density at radius 3 is 2.03 bits per heavy atom. The zero-order chi connectivity index (χ0) is 22.1. The molecule has 2 heterocycles. The smallest absolute Gasteiger partial charge is 0.365 e. The van der Waals surface area contributed by atoms with Crippen molar-refractivity contribution in [3.8, 4) is 0 Å². The first kappa shape index (κ1) is 20.3. The summed E-state index contributed by atoms with van der Waals surface area (Å²) in [4.78, 5) is 11.7. The van der Waals surface area contributed by atoms with E-state index in [1.54, 1.807) is 0 Å². The number of para-hydroxylation sites is 2. The molecule has 3 aromatic rings. The molecule has 2 aliphatic rings. The largest absolute Gasteiger partial charge is 0.464 e. The van der Waals surface area contributed by atoms with Crippen LogP contribution < -0.4 is 10.0 Å². The Balaban J connectivity index is 1.81. The van der Waals surface area contributed by atoms with Crippen molar-refractivity contribution < 1.29 is 9.53 Å². The average molecular weight is 443 g/mol. The molecule has 0 aliphatic carbocycles. The topological polar surface area (TPSA) is 57.5 Å². The minimum absolute atomic E-state index is 0.280. The molecule has 2 aliphatic heterocycles. The van der Waals surface area contributed by atoms with Crippen LogP contribution in [-0.2, 0) is 14.5 Å². The SMILES string of the molecule is CCC1=NN(c2ccccc2)[C@]2(SC(C(=O)OC)=NN2c2ccccc2)c2ccccc21. The number of hydrogen-bond acceptors (Lipinski definition) is 7. The first-order chi connectivity index (χ1) is 15.7. The Labute approximate surface area is 191 Å². The van der Waals surface area contributed by atoms with Crippen LogP contribution >= 0.6 is 11.8 Å². The maximum Gasteiger partial charge on any atom is 0.365 e. The lowest BCUT2D eigenvalue weighted by molar-refractivity contribution is -0.132. The summed E-state index contributed by atoms with van der Waals surface area (Å²) in [6.45, 7) is 2.10. The number of ether oxygens (including phenoxy) is 1. The van der Waals surface area contributed by atoms with E-state index in [-0.39, 0.29) is 5.04 Å². The molecule has 0 aromatic heterocycles. The number of hydrazone groups is 2. The predicted octanol–water partition coefficient (Wildman–Crippen LogP) is 5.17. The molecule has 160 valence electrons. The molecule has 1 spiro atoms. The average Bonchev–Trinajstić information content (AvgIpc) is 3.26. The quantitative estimate of drug-likeness (QED) is 0.522. The molecule has 5 rings (SSSR count). The van der Waals surface area contributed by atoms with Gasteiger partial charge in [-0.15, -0.1) is 0 Å². The summed E-state index contributed by atoms with van der Waals surface area (Å²) in [6, 6.07) is 28.0. The molecule has 0 saturated carbocycles. The zero-order valence-corrected chi connectivity index (χ0v) is 18.6. The van der Waals surface area contributed by atoms with Gasteiger partial charge >= 0.3 is 5.97 Å². The van der Waals surface area contributed by atoms with Gasteiger partial charge in [0.05, 0.1) is 24.2 Å². The van der Waals surface area contributed by atoms with Gasteiger partial charge in [-0.1, -0.05) is 67.6 Å². The second-order valence-electron chi connectivity index (χ2n) is 7.35. The molecule has 0 bridgehead atoms. The molecule has 3 aromatic carbocycles. The van der Waals surface area contributed by atoms with Crippen LogP contribution in [0.5, 0.6) is 0 Å². The summed E-state index contributed by atoms with van der Waals surface area (Å²) in [6.07, 6.45) is 0.775. The van der Waals surface area contributed by atoms with Gasteiger partial charge in [-0.2, -0.15) is 10.2 Å². The minimum atomic E-state index is -0.929. The van der Waals surface area contributed by atoms with Crippen LogP contribution in [0.1, 0.15) is 24.5 Å². The summed E-state index contributed by atoms with van der Waals surface area (Å²) < 4.78 is 5.05. The highest BCUT2D eigenvalue weighted by atomic mass is 32.2. The number of carbonyl (C=O) groups excluding carboxylic acids is 1. The van der Waals surface area contributed by atoms with Gasteiger partial charge in [0.1, 0.15) is 0 Å². The van der Waals surface area contributed by atoms with Crippen molar-refractivity contribution in [1.29, 1.82) is 0 Å².